The third-order valence-electron chi connectivity index (χ3n) is 2.84. The number of carbonyl (C=O) groups is 1. The second kappa shape index (κ2) is 8.94. The van der Waals surface area contributed by atoms with Crippen molar-refractivity contribution in [3.8, 4) is 11.8 Å². The fourth-order valence-electron chi connectivity index (χ4n) is 1.69. The Hall–Kier alpha value is -2.06. The summed E-state index contributed by atoms with van der Waals surface area (Å²) >= 11 is 0. The van der Waals surface area contributed by atoms with Gasteiger partial charge in [-0.2, -0.15) is 5.26 Å². The summed E-state index contributed by atoms with van der Waals surface area (Å²) in [5.41, 5.74) is 0.828. The highest BCUT2D eigenvalue weighted by atomic mass is 16.5. The topological polar surface area (TPSA) is 82.3 Å². The van der Waals surface area contributed by atoms with Gasteiger partial charge in [0.15, 0.2) is 6.61 Å². The van der Waals surface area contributed by atoms with E-state index in [1.54, 1.807) is 18.2 Å². The summed E-state index contributed by atoms with van der Waals surface area (Å²) in [5, 5.41) is 20.6. The van der Waals surface area contributed by atoms with Crippen molar-refractivity contribution >= 4 is 5.91 Å². The van der Waals surface area contributed by atoms with Gasteiger partial charge in [-0.25, -0.2) is 0 Å². The zero-order valence-electron chi connectivity index (χ0n) is 11.6. The van der Waals surface area contributed by atoms with E-state index in [1.807, 2.05) is 19.1 Å². The van der Waals surface area contributed by atoms with Gasteiger partial charge in [0.2, 0.25) is 5.91 Å². The lowest BCUT2D eigenvalue weighted by Crippen LogP contribution is -2.28. The van der Waals surface area contributed by atoms with E-state index in [0.29, 0.717) is 25.1 Å². The highest BCUT2D eigenvalue weighted by Crippen LogP contribution is 2.13. The summed E-state index contributed by atoms with van der Waals surface area (Å²) in [6, 6.07) is 9.01. The molecule has 0 saturated heterocycles. The molecular weight excluding hydrogens is 256 g/mol. The van der Waals surface area contributed by atoms with Crippen molar-refractivity contribution in [3.63, 3.8) is 0 Å². The standard InChI is InChI=1S/C15H20N2O3/c1-2-13(18)6-8-17-15(19)11-12-4-3-5-14(10-12)20-9-7-16/h3-5,10,13,18H,2,6,8-9,11H2,1H3,(H,17,19). The first-order valence-electron chi connectivity index (χ1n) is 6.69. The SMILES string of the molecule is CCC(O)CCNC(=O)Cc1cccc(OCC#N)c1. The van der Waals surface area contributed by atoms with Gasteiger partial charge in [0.1, 0.15) is 11.8 Å². The van der Waals surface area contributed by atoms with Gasteiger partial charge in [-0.05, 0) is 30.5 Å². The van der Waals surface area contributed by atoms with Crippen LogP contribution in [0.5, 0.6) is 5.75 Å². The van der Waals surface area contributed by atoms with E-state index in [0.717, 1.165) is 5.56 Å². The second-order valence-electron chi connectivity index (χ2n) is 4.47. The Morgan fingerprint density at radius 1 is 1.55 bits per heavy atom. The van der Waals surface area contributed by atoms with Crippen molar-refractivity contribution in [1.82, 2.24) is 5.32 Å². The molecule has 0 aliphatic rings. The minimum Gasteiger partial charge on any atom is -0.479 e. The molecule has 5 nitrogen and oxygen atoms in total. The molecule has 0 aromatic heterocycles. The summed E-state index contributed by atoms with van der Waals surface area (Å²) in [6.07, 6.45) is 1.14. The maximum absolute atomic E-state index is 11.7. The van der Waals surface area contributed by atoms with Crippen molar-refractivity contribution in [2.45, 2.75) is 32.3 Å². The van der Waals surface area contributed by atoms with E-state index < -0.39 is 0 Å². The number of rotatable bonds is 8. The number of carbonyl (C=O) groups excluding carboxylic acids is 1. The monoisotopic (exact) mass is 276 g/mol. The number of ether oxygens (including phenoxy) is 1. The molecule has 0 spiro atoms. The van der Waals surface area contributed by atoms with Crippen LogP contribution in [-0.4, -0.2) is 30.3 Å². The van der Waals surface area contributed by atoms with Gasteiger partial charge in [0, 0.05) is 6.54 Å². The first-order chi connectivity index (χ1) is 9.65. The zero-order valence-corrected chi connectivity index (χ0v) is 11.6. The van der Waals surface area contributed by atoms with Gasteiger partial charge in [0.05, 0.1) is 12.5 Å². The zero-order chi connectivity index (χ0) is 14.8. The Bertz CT molecular complexity index is 468. The van der Waals surface area contributed by atoms with Crippen LogP contribution in [0.3, 0.4) is 0 Å². The Morgan fingerprint density at radius 2 is 2.35 bits per heavy atom. The molecule has 1 aromatic rings. The maximum Gasteiger partial charge on any atom is 0.224 e. The number of aliphatic hydroxyl groups excluding tert-OH is 1. The van der Waals surface area contributed by atoms with E-state index in [2.05, 4.69) is 5.32 Å². The van der Waals surface area contributed by atoms with E-state index in [1.165, 1.54) is 0 Å². The molecular formula is C15H20N2O3. The second-order valence-corrected chi connectivity index (χ2v) is 4.47. The van der Waals surface area contributed by atoms with E-state index in [-0.39, 0.29) is 25.0 Å². The lowest BCUT2D eigenvalue weighted by atomic mass is 10.1. The average Bonchev–Trinajstić information content (AvgIpc) is 2.45. The minimum atomic E-state index is -0.363. The van der Waals surface area contributed by atoms with E-state index >= 15 is 0 Å². The Kier molecular flexibility index (Phi) is 7.15. The molecule has 0 saturated carbocycles. The lowest BCUT2D eigenvalue weighted by Gasteiger charge is -2.09. The number of nitrogens with one attached hydrogen (secondary N) is 1. The molecule has 1 amide bonds. The van der Waals surface area contributed by atoms with E-state index in [4.69, 9.17) is 10.00 Å². The van der Waals surface area contributed by atoms with Crippen LogP contribution in [0.15, 0.2) is 24.3 Å². The van der Waals surface area contributed by atoms with Crippen LogP contribution >= 0.6 is 0 Å². The van der Waals surface area contributed by atoms with Crippen LogP contribution in [0, 0.1) is 11.3 Å². The molecule has 0 heterocycles. The van der Waals surface area contributed by atoms with Crippen LogP contribution in [-0.2, 0) is 11.2 Å². The molecule has 0 bridgehead atoms. The predicted octanol–water partition coefficient (Wildman–Crippen LogP) is 1.41. The molecule has 0 aliphatic carbocycles. The third-order valence-corrected chi connectivity index (χ3v) is 2.84. The van der Waals surface area contributed by atoms with Gasteiger partial charge >= 0.3 is 0 Å². The quantitative estimate of drug-likeness (QED) is 0.752. The maximum atomic E-state index is 11.7. The largest absolute Gasteiger partial charge is 0.479 e. The average molecular weight is 276 g/mol. The number of nitriles is 1. The molecule has 2 N–H and O–H groups in total. The van der Waals surface area contributed by atoms with Crippen molar-refractivity contribution in [2.24, 2.45) is 0 Å². The first-order valence-corrected chi connectivity index (χ1v) is 6.69. The Balaban J connectivity index is 2.39. The van der Waals surface area contributed by atoms with Crippen LogP contribution in [0.4, 0.5) is 0 Å². The van der Waals surface area contributed by atoms with Gasteiger partial charge in [-0.3, -0.25) is 4.79 Å². The number of hydrogen-bond acceptors (Lipinski definition) is 4. The number of benzene rings is 1. The highest BCUT2D eigenvalue weighted by molar-refractivity contribution is 5.78. The first kappa shape index (κ1) is 16.0. The number of nitrogens with zero attached hydrogens (tertiary/aromatic N) is 1. The Labute approximate surface area is 119 Å². The summed E-state index contributed by atoms with van der Waals surface area (Å²) in [6.45, 7) is 2.36. The Morgan fingerprint density at radius 3 is 3.05 bits per heavy atom. The van der Waals surface area contributed by atoms with Crippen molar-refractivity contribution in [2.75, 3.05) is 13.2 Å². The number of aliphatic hydroxyl groups is 1. The smallest absolute Gasteiger partial charge is 0.224 e. The summed E-state index contributed by atoms with van der Waals surface area (Å²) in [7, 11) is 0. The van der Waals surface area contributed by atoms with Crippen molar-refractivity contribution in [1.29, 1.82) is 5.26 Å². The summed E-state index contributed by atoms with van der Waals surface area (Å²) < 4.78 is 5.18. The third kappa shape index (κ3) is 6.21. The van der Waals surface area contributed by atoms with Crippen LogP contribution in [0.25, 0.3) is 0 Å². The molecule has 1 aromatic carbocycles. The minimum absolute atomic E-state index is 0.00937. The molecule has 0 fully saturated rings. The van der Waals surface area contributed by atoms with Crippen LogP contribution in [0.1, 0.15) is 25.3 Å². The predicted molar refractivity (Wildman–Crippen MR) is 75.2 cm³/mol. The normalized spacial score (nSPS) is 11.4. The molecule has 20 heavy (non-hydrogen) atoms. The number of hydrogen-bond donors (Lipinski definition) is 2. The fraction of sp³-hybridized carbons (Fsp3) is 0.467. The van der Waals surface area contributed by atoms with Crippen molar-refractivity contribution in [3.05, 3.63) is 29.8 Å². The molecule has 1 rings (SSSR count). The van der Waals surface area contributed by atoms with Gasteiger partial charge in [-0.1, -0.05) is 19.1 Å². The van der Waals surface area contributed by atoms with E-state index in [9.17, 15) is 9.90 Å². The molecule has 0 aliphatic heterocycles. The van der Waals surface area contributed by atoms with Gasteiger partial charge in [-0.15, -0.1) is 0 Å². The summed E-state index contributed by atoms with van der Waals surface area (Å²) in [5.74, 6) is 0.490. The molecule has 5 heteroatoms. The molecule has 108 valence electrons. The van der Waals surface area contributed by atoms with Crippen LogP contribution in [0.2, 0.25) is 0 Å². The summed E-state index contributed by atoms with van der Waals surface area (Å²) in [4.78, 5) is 11.7. The van der Waals surface area contributed by atoms with Crippen LogP contribution < -0.4 is 10.1 Å². The van der Waals surface area contributed by atoms with Gasteiger partial charge < -0.3 is 15.2 Å². The molecule has 1 atom stereocenters. The van der Waals surface area contributed by atoms with Crippen molar-refractivity contribution < 1.29 is 14.6 Å². The molecule has 1 unspecified atom stereocenters. The molecule has 0 radical (unpaired) electrons. The lowest BCUT2D eigenvalue weighted by molar-refractivity contribution is -0.120. The van der Waals surface area contributed by atoms with Gasteiger partial charge in [0.25, 0.3) is 0 Å². The highest BCUT2D eigenvalue weighted by Gasteiger charge is 2.06. The fourth-order valence-corrected chi connectivity index (χ4v) is 1.69. The number of amides is 1.